The number of allylic oxidation sites excluding steroid dienone is 12. The van der Waals surface area contributed by atoms with Gasteiger partial charge in [-0.05, 0) is 147 Å². The number of hydrogen-bond donors (Lipinski definition) is 0. The molecule has 0 N–H and O–H groups in total. The molecule has 0 heterocycles. The molecule has 0 aromatic heterocycles. The second kappa shape index (κ2) is 25.0. The van der Waals surface area contributed by atoms with Gasteiger partial charge in [0.1, 0.15) is 0 Å². The second-order valence-corrected chi connectivity index (χ2v) is 15.9. The van der Waals surface area contributed by atoms with Gasteiger partial charge in [-0.25, -0.2) is 0 Å². The minimum absolute atomic E-state index is 0.296. The van der Waals surface area contributed by atoms with Gasteiger partial charge in [0.05, 0.1) is 0 Å². The van der Waals surface area contributed by atoms with E-state index in [9.17, 15) is 0 Å². The molecular formula is C63H72. The van der Waals surface area contributed by atoms with Crippen molar-refractivity contribution in [1.82, 2.24) is 0 Å². The Kier molecular flexibility index (Phi) is 19.6. The molecule has 63 heavy (non-hydrogen) atoms. The molecule has 0 aliphatic heterocycles. The lowest BCUT2D eigenvalue weighted by Crippen LogP contribution is -2.02. The fourth-order valence-corrected chi connectivity index (χ4v) is 8.09. The summed E-state index contributed by atoms with van der Waals surface area (Å²) in [6, 6.07) is 38.0. The summed E-state index contributed by atoms with van der Waals surface area (Å²) >= 11 is 0. The van der Waals surface area contributed by atoms with Crippen molar-refractivity contribution in [2.24, 2.45) is 0 Å². The van der Waals surface area contributed by atoms with E-state index >= 15 is 0 Å². The van der Waals surface area contributed by atoms with Gasteiger partial charge < -0.3 is 0 Å². The van der Waals surface area contributed by atoms with Gasteiger partial charge in [-0.1, -0.05) is 218 Å². The molecule has 0 spiro atoms. The zero-order chi connectivity index (χ0) is 45.9. The minimum atomic E-state index is 0.296. The van der Waals surface area contributed by atoms with Gasteiger partial charge in [0.25, 0.3) is 0 Å². The van der Waals surface area contributed by atoms with Gasteiger partial charge >= 0.3 is 0 Å². The van der Waals surface area contributed by atoms with E-state index in [1.54, 1.807) is 0 Å². The Balaban J connectivity index is 0.00000139. The maximum atomic E-state index is 4.31. The molecule has 0 saturated heterocycles. The van der Waals surface area contributed by atoms with Crippen LogP contribution in [0.5, 0.6) is 0 Å². The van der Waals surface area contributed by atoms with Crippen molar-refractivity contribution in [3.63, 3.8) is 0 Å². The van der Waals surface area contributed by atoms with E-state index < -0.39 is 0 Å². The zero-order valence-electron chi connectivity index (χ0n) is 40.1. The first kappa shape index (κ1) is 49.4. The Morgan fingerprint density at radius 1 is 0.683 bits per heavy atom. The van der Waals surface area contributed by atoms with E-state index in [1.165, 1.54) is 89.0 Å². The number of hydrogen-bond acceptors (Lipinski definition) is 0. The Hall–Kier alpha value is -6.24. The molecule has 2 atom stereocenters. The van der Waals surface area contributed by atoms with E-state index in [4.69, 9.17) is 0 Å². The molecule has 2 aliphatic rings. The minimum Gasteiger partial charge on any atom is -0.106 e. The van der Waals surface area contributed by atoms with Crippen LogP contribution in [-0.4, -0.2) is 0 Å². The van der Waals surface area contributed by atoms with Gasteiger partial charge in [-0.15, -0.1) is 13.2 Å². The highest BCUT2D eigenvalue weighted by atomic mass is 14.2. The molecule has 0 bridgehead atoms. The Bertz CT molecular complexity index is 2500. The maximum absolute atomic E-state index is 4.31. The van der Waals surface area contributed by atoms with Crippen molar-refractivity contribution in [3.05, 3.63) is 249 Å². The predicted molar refractivity (Wildman–Crippen MR) is 283 cm³/mol. The normalized spacial score (nSPS) is 14.7. The fraction of sp³-hybridized carbons (Fsp3) is 0.238. The highest BCUT2D eigenvalue weighted by Crippen LogP contribution is 2.34. The summed E-state index contributed by atoms with van der Waals surface area (Å²) in [4.78, 5) is 0. The summed E-state index contributed by atoms with van der Waals surface area (Å²) in [6.07, 6.45) is 27.8. The lowest BCUT2D eigenvalue weighted by atomic mass is 9.86. The number of benzene rings is 5. The molecule has 5 aromatic carbocycles. The second-order valence-electron chi connectivity index (χ2n) is 15.9. The molecule has 324 valence electrons. The first-order valence-corrected chi connectivity index (χ1v) is 23.1. The van der Waals surface area contributed by atoms with Gasteiger partial charge in [-0.3, -0.25) is 0 Å². The lowest BCUT2D eigenvalue weighted by Gasteiger charge is -2.19. The van der Waals surface area contributed by atoms with Crippen LogP contribution in [0.15, 0.2) is 188 Å². The Morgan fingerprint density at radius 3 is 2.02 bits per heavy atom. The number of fused-ring (bicyclic) bond motifs is 1. The molecule has 0 nitrogen and oxygen atoms in total. The van der Waals surface area contributed by atoms with Crippen molar-refractivity contribution in [1.29, 1.82) is 0 Å². The van der Waals surface area contributed by atoms with Crippen molar-refractivity contribution >= 4 is 23.8 Å². The third kappa shape index (κ3) is 12.9. The Labute approximate surface area is 383 Å². The number of rotatable bonds is 11. The van der Waals surface area contributed by atoms with Crippen LogP contribution in [0, 0.1) is 20.8 Å². The van der Waals surface area contributed by atoms with Crippen LogP contribution >= 0.6 is 0 Å². The quantitative estimate of drug-likeness (QED) is 0.0919. The van der Waals surface area contributed by atoms with Gasteiger partial charge in [0.15, 0.2) is 0 Å². The van der Waals surface area contributed by atoms with Crippen molar-refractivity contribution < 1.29 is 0 Å². The maximum Gasteiger partial charge on any atom is 0.00611 e. The lowest BCUT2D eigenvalue weighted by molar-refractivity contribution is 0.902. The smallest absolute Gasteiger partial charge is 0.00611 e. The topological polar surface area (TPSA) is 0 Å². The summed E-state index contributed by atoms with van der Waals surface area (Å²) in [5.41, 5.74) is 22.2. The van der Waals surface area contributed by atoms with E-state index in [2.05, 4.69) is 231 Å². The van der Waals surface area contributed by atoms with E-state index in [0.29, 0.717) is 11.8 Å². The highest BCUT2D eigenvalue weighted by Gasteiger charge is 2.15. The highest BCUT2D eigenvalue weighted by molar-refractivity contribution is 5.75. The summed E-state index contributed by atoms with van der Waals surface area (Å²) in [5, 5.41) is 0. The molecule has 5 aromatic rings. The van der Waals surface area contributed by atoms with E-state index in [-0.39, 0.29) is 0 Å². The van der Waals surface area contributed by atoms with Crippen LogP contribution in [0.4, 0.5) is 0 Å². The molecular weight excluding hydrogens is 757 g/mol. The van der Waals surface area contributed by atoms with Gasteiger partial charge in [-0.2, -0.15) is 0 Å². The molecule has 7 rings (SSSR count). The van der Waals surface area contributed by atoms with Crippen LogP contribution in [-0.2, 0) is 6.42 Å². The average Bonchev–Trinajstić information content (AvgIpc) is 3.35. The first-order chi connectivity index (χ1) is 30.7. The molecule has 0 radical (unpaired) electrons. The molecule has 0 saturated carbocycles. The summed E-state index contributed by atoms with van der Waals surface area (Å²) in [7, 11) is 0. The van der Waals surface area contributed by atoms with Crippen molar-refractivity contribution in [2.45, 2.75) is 100 Å². The average molecular weight is 829 g/mol. The van der Waals surface area contributed by atoms with Crippen LogP contribution in [0.1, 0.15) is 134 Å². The first-order valence-electron chi connectivity index (χ1n) is 23.1. The molecule has 0 fully saturated rings. The molecule has 2 aliphatic carbocycles. The summed E-state index contributed by atoms with van der Waals surface area (Å²) < 4.78 is 0. The molecule has 0 heteroatoms. The van der Waals surface area contributed by atoms with Crippen LogP contribution < -0.4 is 0 Å². The van der Waals surface area contributed by atoms with Gasteiger partial charge in [0.2, 0.25) is 0 Å². The SMILES string of the molecule is C=C.C=C(/C=C\c1ccc(/C=C\C(C)c2cccc(C(C)c3ccc(/C(C)=C/C=C4/C=Cc5ccc(-c6ccccc6)c(C)c5C4)cc3)c2)c(C)c1C)C1=CC=CCC1.CC.CC. The Morgan fingerprint density at radius 2 is 1.35 bits per heavy atom. The zero-order valence-corrected chi connectivity index (χ0v) is 40.1. The van der Waals surface area contributed by atoms with E-state index in [0.717, 1.165) is 24.8 Å². The molecule has 0 amide bonds. The largest absolute Gasteiger partial charge is 0.106 e. The van der Waals surface area contributed by atoms with Crippen LogP contribution in [0.25, 0.3) is 34.9 Å². The van der Waals surface area contributed by atoms with Crippen LogP contribution in [0.2, 0.25) is 0 Å². The fourth-order valence-electron chi connectivity index (χ4n) is 8.09. The standard InChI is InChI=1S/C57H56.2C2H6.C2H4/c1-39(21-24-46-25-28-53-35-36-56(45(7)57(53)37-46)52-17-12-9-13-18-52)48-29-31-51(32-30-48)44(6)55-20-14-19-54(38-55)41(3)23-27-50-34-33-49(42(4)43(50)5)26-22-40(2)47-15-10-8-11-16-47;3*1-2/h8-10,12-15,17-36,38,41,44H,2,11,16,37H2,1,3-7H3;2*1-2H3;1-2H2/b26-22-,27-23-,39-21+,46-24-;;;. The van der Waals surface area contributed by atoms with Crippen molar-refractivity contribution in [2.75, 3.05) is 0 Å². The monoisotopic (exact) mass is 829 g/mol. The van der Waals surface area contributed by atoms with Crippen molar-refractivity contribution in [3.8, 4) is 11.1 Å². The summed E-state index contributed by atoms with van der Waals surface area (Å²) in [5.74, 6) is 0.592. The molecule has 2 unspecified atom stereocenters. The predicted octanol–water partition coefficient (Wildman–Crippen LogP) is 18.5. The third-order valence-electron chi connectivity index (χ3n) is 12.3. The summed E-state index contributed by atoms with van der Waals surface area (Å²) in [6.45, 7) is 31.9. The van der Waals surface area contributed by atoms with E-state index in [1.807, 2.05) is 27.7 Å². The van der Waals surface area contributed by atoms with Gasteiger partial charge in [0, 0.05) is 5.92 Å². The third-order valence-corrected chi connectivity index (χ3v) is 12.3. The van der Waals surface area contributed by atoms with Crippen LogP contribution in [0.3, 0.4) is 0 Å².